The summed E-state index contributed by atoms with van der Waals surface area (Å²) in [5, 5.41) is 4.84. The van der Waals surface area contributed by atoms with Gasteiger partial charge in [0.05, 0.1) is 18.0 Å². The van der Waals surface area contributed by atoms with Gasteiger partial charge in [-0.15, -0.1) is 12.4 Å². The van der Waals surface area contributed by atoms with Crippen LogP contribution in [-0.4, -0.2) is 47.4 Å². The van der Waals surface area contributed by atoms with Gasteiger partial charge in [-0.25, -0.2) is 4.68 Å². The Morgan fingerprint density at radius 1 is 1.17 bits per heavy atom. The Labute approximate surface area is 184 Å². The third-order valence-corrected chi connectivity index (χ3v) is 5.04. The van der Waals surface area contributed by atoms with E-state index in [0.29, 0.717) is 6.54 Å². The number of nitrogens with zero attached hydrogens (tertiary/aromatic N) is 3. The van der Waals surface area contributed by atoms with Gasteiger partial charge in [0, 0.05) is 38.0 Å². The second kappa shape index (κ2) is 10.4. The zero-order valence-electron chi connectivity index (χ0n) is 17.8. The maximum atomic E-state index is 12.6. The highest BCUT2D eigenvalue weighted by atomic mass is 35.5. The second-order valence-electron chi connectivity index (χ2n) is 7.34. The summed E-state index contributed by atoms with van der Waals surface area (Å²) in [4.78, 5) is 14.2. The molecule has 1 amide bonds. The lowest BCUT2D eigenvalue weighted by atomic mass is 10.0. The molecule has 3 aromatic rings. The number of rotatable bonds is 7. The van der Waals surface area contributed by atoms with E-state index in [2.05, 4.69) is 32.0 Å². The van der Waals surface area contributed by atoms with E-state index in [0.717, 1.165) is 22.5 Å². The average molecular weight is 429 g/mol. The van der Waals surface area contributed by atoms with Crippen LogP contribution in [0.25, 0.3) is 16.9 Å². The summed E-state index contributed by atoms with van der Waals surface area (Å²) in [5.41, 5.74) is 12.2. The van der Waals surface area contributed by atoms with Gasteiger partial charge >= 0.3 is 0 Å². The lowest BCUT2D eigenvalue weighted by molar-refractivity contribution is -0.132. The number of hydrogen-bond donors (Lipinski definition) is 1. The van der Waals surface area contributed by atoms with Crippen LogP contribution >= 0.6 is 12.4 Å². The molecule has 2 N–H and O–H groups in total. The van der Waals surface area contributed by atoms with Crippen LogP contribution < -0.4 is 5.73 Å². The SMILES string of the molecule is COCC(N)C(=O)N(C)Cc1cn(-c2ccccc2)nc1-c1ccc(C)c(C)c1.Cl. The summed E-state index contributed by atoms with van der Waals surface area (Å²) in [6.07, 6.45) is 1.98. The van der Waals surface area contributed by atoms with Gasteiger partial charge in [0.15, 0.2) is 0 Å². The summed E-state index contributed by atoms with van der Waals surface area (Å²) in [7, 11) is 3.29. The number of methoxy groups -OCH3 is 1. The van der Waals surface area contributed by atoms with Crippen molar-refractivity contribution in [3.8, 4) is 16.9 Å². The summed E-state index contributed by atoms with van der Waals surface area (Å²) in [6, 6.07) is 15.6. The first-order chi connectivity index (χ1) is 13.9. The van der Waals surface area contributed by atoms with Crippen LogP contribution in [0.15, 0.2) is 54.7 Å². The molecule has 1 unspecified atom stereocenters. The molecule has 6 nitrogen and oxygen atoms in total. The molecule has 1 atom stereocenters. The molecule has 0 bridgehead atoms. The molecule has 0 saturated carbocycles. The lowest BCUT2D eigenvalue weighted by Crippen LogP contribution is -2.44. The predicted molar refractivity (Wildman–Crippen MR) is 122 cm³/mol. The van der Waals surface area contributed by atoms with E-state index in [1.807, 2.05) is 41.2 Å². The van der Waals surface area contributed by atoms with Gasteiger partial charge in [0.1, 0.15) is 6.04 Å². The molecule has 1 aromatic heterocycles. The molecular weight excluding hydrogens is 400 g/mol. The van der Waals surface area contributed by atoms with Crippen molar-refractivity contribution in [2.75, 3.05) is 20.8 Å². The topological polar surface area (TPSA) is 73.4 Å². The zero-order chi connectivity index (χ0) is 21.0. The number of hydrogen-bond acceptors (Lipinski definition) is 4. The normalized spacial score (nSPS) is 11.6. The Morgan fingerprint density at radius 3 is 2.50 bits per heavy atom. The minimum absolute atomic E-state index is 0. The Balaban J connectivity index is 0.00000320. The van der Waals surface area contributed by atoms with Crippen LogP contribution in [0, 0.1) is 13.8 Å². The highest BCUT2D eigenvalue weighted by Crippen LogP contribution is 2.26. The molecule has 0 spiro atoms. The third-order valence-electron chi connectivity index (χ3n) is 5.04. The van der Waals surface area contributed by atoms with Crippen molar-refractivity contribution in [1.29, 1.82) is 0 Å². The minimum Gasteiger partial charge on any atom is -0.383 e. The van der Waals surface area contributed by atoms with Gasteiger partial charge in [-0.2, -0.15) is 5.10 Å². The predicted octanol–water partition coefficient (Wildman–Crippen LogP) is 3.51. The smallest absolute Gasteiger partial charge is 0.241 e. The summed E-state index contributed by atoms with van der Waals surface area (Å²) in [5.74, 6) is -0.162. The lowest BCUT2D eigenvalue weighted by Gasteiger charge is -2.21. The highest BCUT2D eigenvalue weighted by molar-refractivity contribution is 5.85. The monoisotopic (exact) mass is 428 g/mol. The van der Waals surface area contributed by atoms with Crippen LogP contribution in [0.3, 0.4) is 0 Å². The molecule has 0 aliphatic carbocycles. The molecule has 0 fully saturated rings. The molecule has 0 saturated heterocycles. The van der Waals surface area contributed by atoms with E-state index in [4.69, 9.17) is 15.6 Å². The Kier molecular flexibility index (Phi) is 8.17. The number of benzene rings is 2. The van der Waals surface area contributed by atoms with Crippen molar-refractivity contribution in [3.63, 3.8) is 0 Å². The van der Waals surface area contributed by atoms with Crippen molar-refractivity contribution in [3.05, 3.63) is 71.4 Å². The van der Waals surface area contributed by atoms with Gasteiger partial charge in [0.25, 0.3) is 0 Å². The summed E-state index contributed by atoms with van der Waals surface area (Å²) < 4.78 is 6.87. The van der Waals surface area contributed by atoms with E-state index in [1.54, 1.807) is 11.9 Å². The van der Waals surface area contributed by atoms with Crippen molar-refractivity contribution >= 4 is 18.3 Å². The molecule has 7 heteroatoms. The molecule has 3 rings (SSSR count). The Morgan fingerprint density at radius 2 is 1.87 bits per heavy atom. The number of ether oxygens (including phenoxy) is 1. The Bertz CT molecular complexity index is 988. The standard InChI is InChI=1S/C23H28N4O2.ClH/c1-16-10-11-18(12-17(16)2)22-19(13-26(3)23(28)21(24)15-29-4)14-27(25-22)20-8-6-5-7-9-20;/h5-12,14,21H,13,15,24H2,1-4H3;1H. The average Bonchev–Trinajstić information content (AvgIpc) is 3.14. The number of carbonyl (C=O) groups is 1. The van der Waals surface area contributed by atoms with Gasteiger partial charge in [-0.1, -0.05) is 30.3 Å². The zero-order valence-corrected chi connectivity index (χ0v) is 18.6. The first kappa shape index (κ1) is 23.6. The molecule has 0 aliphatic heterocycles. The summed E-state index contributed by atoms with van der Waals surface area (Å²) in [6.45, 7) is 4.78. The first-order valence-corrected chi connectivity index (χ1v) is 9.61. The van der Waals surface area contributed by atoms with Gasteiger partial charge in [-0.05, 0) is 43.2 Å². The largest absolute Gasteiger partial charge is 0.383 e. The molecule has 160 valence electrons. The van der Waals surface area contributed by atoms with Crippen LogP contribution in [0.5, 0.6) is 0 Å². The van der Waals surface area contributed by atoms with Crippen molar-refractivity contribution in [1.82, 2.24) is 14.7 Å². The molecule has 30 heavy (non-hydrogen) atoms. The second-order valence-corrected chi connectivity index (χ2v) is 7.34. The first-order valence-electron chi connectivity index (χ1n) is 9.61. The highest BCUT2D eigenvalue weighted by Gasteiger charge is 2.21. The molecular formula is C23H29ClN4O2. The van der Waals surface area contributed by atoms with Gasteiger partial charge < -0.3 is 15.4 Å². The molecule has 2 aromatic carbocycles. The fourth-order valence-electron chi connectivity index (χ4n) is 3.24. The van der Waals surface area contributed by atoms with E-state index in [9.17, 15) is 4.79 Å². The van der Waals surface area contributed by atoms with Gasteiger partial charge in [0.2, 0.25) is 5.91 Å². The van der Waals surface area contributed by atoms with Crippen LogP contribution in [0.2, 0.25) is 0 Å². The van der Waals surface area contributed by atoms with Crippen LogP contribution in [0.4, 0.5) is 0 Å². The fraction of sp³-hybridized carbons (Fsp3) is 0.304. The minimum atomic E-state index is -0.681. The maximum Gasteiger partial charge on any atom is 0.241 e. The van der Waals surface area contributed by atoms with Gasteiger partial charge in [-0.3, -0.25) is 4.79 Å². The quantitative estimate of drug-likeness (QED) is 0.625. The van der Waals surface area contributed by atoms with Crippen LogP contribution in [0.1, 0.15) is 16.7 Å². The van der Waals surface area contributed by atoms with E-state index in [1.165, 1.54) is 18.2 Å². The number of amides is 1. The van der Waals surface area contributed by atoms with E-state index >= 15 is 0 Å². The number of likely N-dealkylation sites (N-methyl/N-ethyl adjacent to an activating group) is 1. The molecule has 0 radical (unpaired) electrons. The van der Waals surface area contributed by atoms with E-state index < -0.39 is 6.04 Å². The number of para-hydroxylation sites is 1. The van der Waals surface area contributed by atoms with E-state index in [-0.39, 0.29) is 24.9 Å². The maximum absolute atomic E-state index is 12.6. The van der Waals surface area contributed by atoms with Crippen LogP contribution in [-0.2, 0) is 16.1 Å². The number of aryl methyl sites for hydroxylation is 2. The number of nitrogens with two attached hydrogens (primary N) is 1. The number of carbonyl (C=O) groups excluding carboxylic acids is 1. The molecule has 0 aliphatic rings. The Hall–Kier alpha value is -2.67. The fourth-order valence-corrected chi connectivity index (χ4v) is 3.24. The number of aromatic nitrogens is 2. The van der Waals surface area contributed by atoms with Crippen molar-refractivity contribution in [2.24, 2.45) is 5.73 Å². The molecule has 1 heterocycles. The van der Waals surface area contributed by atoms with Crippen molar-refractivity contribution < 1.29 is 9.53 Å². The summed E-state index contributed by atoms with van der Waals surface area (Å²) >= 11 is 0. The number of halogens is 1. The van der Waals surface area contributed by atoms with Crippen molar-refractivity contribution in [2.45, 2.75) is 26.4 Å². The third kappa shape index (κ3) is 5.27.